The molecule has 0 rings (SSSR count). The number of carbonyl (C=O) groups excluding carboxylic acids is 2. The van der Waals surface area contributed by atoms with E-state index < -0.39 is 0 Å². The van der Waals surface area contributed by atoms with Crippen molar-refractivity contribution in [2.45, 2.75) is 53.9 Å². The smallest absolute Gasteiger partial charge is 0.333 e. The molecule has 0 bridgehead atoms. The molecule has 0 aliphatic heterocycles. The fourth-order valence-corrected chi connectivity index (χ4v) is 1.01. The maximum atomic E-state index is 10.8. The number of ether oxygens (including phenoxy) is 2. The number of hydrogen-bond acceptors (Lipinski definition) is 4. The minimum atomic E-state index is -0.297. The van der Waals surface area contributed by atoms with Crippen molar-refractivity contribution in [2.24, 2.45) is 5.92 Å². The Bertz CT molecular complexity index is 343. The summed E-state index contributed by atoms with van der Waals surface area (Å²) >= 11 is 0. The van der Waals surface area contributed by atoms with E-state index >= 15 is 0 Å². The highest BCUT2D eigenvalue weighted by molar-refractivity contribution is 5.87. The van der Waals surface area contributed by atoms with Gasteiger partial charge in [-0.05, 0) is 26.2 Å². The van der Waals surface area contributed by atoms with E-state index in [4.69, 9.17) is 9.47 Å². The minimum Gasteiger partial charge on any atom is -0.462 e. The van der Waals surface area contributed by atoms with Crippen molar-refractivity contribution in [1.82, 2.24) is 0 Å². The zero-order valence-electron chi connectivity index (χ0n) is 14.2. The maximum absolute atomic E-state index is 10.8. The van der Waals surface area contributed by atoms with E-state index in [-0.39, 0.29) is 11.9 Å². The first-order valence-electron chi connectivity index (χ1n) is 7.37. The molecule has 0 unspecified atom stereocenters. The fourth-order valence-electron chi connectivity index (χ4n) is 1.01. The Morgan fingerprint density at radius 2 is 1.43 bits per heavy atom. The van der Waals surface area contributed by atoms with Crippen LogP contribution in [-0.2, 0) is 19.1 Å². The monoisotopic (exact) mass is 298 g/mol. The summed E-state index contributed by atoms with van der Waals surface area (Å²) in [4.78, 5) is 21.5. The van der Waals surface area contributed by atoms with Crippen LogP contribution in [0.2, 0.25) is 0 Å². The van der Waals surface area contributed by atoms with Crippen molar-refractivity contribution in [3.05, 3.63) is 24.3 Å². The molecule has 4 heteroatoms. The molecule has 0 amide bonds. The molecule has 4 nitrogen and oxygen atoms in total. The maximum Gasteiger partial charge on any atom is 0.333 e. The Hall–Kier alpha value is -1.58. The van der Waals surface area contributed by atoms with Gasteiger partial charge in [-0.2, -0.15) is 0 Å². The van der Waals surface area contributed by atoms with Crippen LogP contribution >= 0.6 is 0 Å². The van der Waals surface area contributed by atoms with Gasteiger partial charge in [0.2, 0.25) is 0 Å². The first-order valence-corrected chi connectivity index (χ1v) is 7.37. The quantitative estimate of drug-likeness (QED) is 0.385. The van der Waals surface area contributed by atoms with Gasteiger partial charge < -0.3 is 9.47 Å². The predicted octanol–water partition coefficient (Wildman–Crippen LogP) is 4.06. The van der Waals surface area contributed by atoms with Gasteiger partial charge in [-0.25, -0.2) is 9.59 Å². The second kappa shape index (κ2) is 13.4. The molecule has 0 aromatic carbocycles. The molecule has 0 fully saturated rings. The molecule has 0 aromatic rings. The van der Waals surface area contributed by atoms with Crippen LogP contribution in [0.1, 0.15) is 53.9 Å². The molecule has 0 aliphatic rings. The van der Waals surface area contributed by atoms with Gasteiger partial charge in [-0.15, -0.1) is 0 Å². The fraction of sp³-hybridized carbons (Fsp3) is 0.647. The molecular weight excluding hydrogens is 268 g/mol. The number of unbranched alkanes of at least 4 members (excludes halogenated alkanes) is 2. The summed E-state index contributed by atoms with van der Waals surface area (Å²) in [5, 5.41) is 0. The Kier molecular flexibility index (Phi) is 13.9. The van der Waals surface area contributed by atoms with Crippen molar-refractivity contribution in [3.63, 3.8) is 0 Å². The van der Waals surface area contributed by atoms with Crippen molar-refractivity contribution < 1.29 is 19.1 Å². The summed E-state index contributed by atoms with van der Waals surface area (Å²) in [6.45, 7) is 17.3. The lowest BCUT2D eigenvalue weighted by Gasteiger charge is -2.05. The van der Waals surface area contributed by atoms with Crippen LogP contribution in [0, 0.1) is 5.92 Å². The summed E-state index contributed by atoms with van der Waals surface area (Å²) < 4.78 is 9.69. The minimum absolute atomic E-state index is 0.277. The Labute approximate surface area is 129 Å². The van der Waals surface area contributed by atoms with Gasteiger partial charge in [-0.3, -0.25) is 0 Å². The van der Waals surface area contributed by atoms with E-state index in [2.05, 4.69) is 20.1 Å². The largest absolute Gasteiger partial charge is 0.462 e. The predicted molar refractivity (Wildman–Crippen MR) is 85.9 cm³/mol. The lowest BCUT2D eigenvalue weighted by molar-refractivity contribution is -0.140. The van der Waals surface area contributed by atoms with E-state index in [0.717, 1.165) is 19.3 Å². The van der Waals surface area contributed by atoms with Gasteiger partial charge in [0, 0.05) is 11.1 Å². The van der Waals surface area contributed by atoms with Crippen LogP contribution in [0.3, 0.4) is 0 Å². The lowest BCUT2D eigenvalue weighted by Crippen LogP contribution is -2.09. The van der Waals surface area contributed by atoms with Crippen molar-refractivity contribution in [3.8, 4) is 0 Å². The molecule has 0 atom stereocenters. The summed E-state index contributed by atoms with van der Waals surface area (Å²) in [7, 11) is 0. The van der Waals surface area contributed by atoms with E-state index in [0.29, 0.717) is 30.3 Å². The van der Waals surface area contributed by atoms with Gasteiger partial charge in [0.25, 0.3) is 0 Å². The summed E-state index contributed by atoms with van der Waals surface area (Å²) in [6, 6.07) is 0. The van der Waals surface area contributed by atoms with Crippen LogP contribution in [0.15, 0.2) is 24.3 Å². The molecular formula is C17H30O4. The number of carbonyl (C=O) groups is 2. The molecule has 0 saturated heterocycles. The number of hydrogen-bond donors (Lipinski definition) is 0. The Morgan fingerprint density at radius 1 is 0.952 bits per heavy atom. The van der Waals surface area contributed by atoms with E-state index in [1.807, 2.05) is 13.8 Å². The summed E-state index contributed by atoms with van der Waals surface area (Å²) in [5.74, 6) is -0.182. The lowest BCUT2D eigenvalue weighted by atomic mass is 10.2. The average molecular weight is 298 g/mol. The molecule has 0 spiro atoms. The van der Waals surface area contributed by atoms with E-state index in [1.54, 1.807) is 13.8 Å². The first kappa shape index (κ1) is 21.7. The third-order valence-electron chi connectivity index (χ3n) is 2.23. The summed E-state index contributed by atoms with van der Waals surface area (Å²) in [6.07, 6.45) is 3.21. The average Bonchev–Trinajstić information content (AvgIpc) is 2.41. The number of rotatable bonds is 8. The van der Waals surface area contributed by atoms with Crippen molar-refractivity contribution in [1.29, 1.82) is 0 Å². The highest BCUT2D eigenvalue weighted by atomic mass is 16.5. The van der Waals surface area contributed by atoms with Crippen LogP contribution in [-0.4, -0.2) is 25.2 Å². The Balaban J connectivity index is 0. The topological polar surface area (TPSA) is 52.6 Å². The van der Waals surface area contributed by atoms with Crippen LogP contribution in [0.5, 0.6) is 0 Å². The molecule has 21 heavy (non-hydrogen) atoms. The molecule has 0 aromatic heterocycles. The second-order valence-electron chi connectivity index (χ2n) is 5.40. The number of esters is 2. The highest BCUT2D eigenvalue weighted by Gasteiger charge is 2.03. The van der Waals surface area contributed by atoms with E-state index in [1.165, 1.54) is 0 Å². The third-order valence-corrected chi connectivity index (χ3v) is 2.23. The molecule has 0 radical (unpaired) electrons. The van der Waals surface area contributed by atoms with Gasteiger partial charge in [0.15, 0.2) is 0 Å². The van der Waals surface area contributed by atoms with Gasteiger partial charge in [-0.1, -0.05) is 46.8 Å². The van der Waals surface area contributed by atoms with Crippen LogP contribution < -0.4 is 0 Å². The third kappa shape index (κ3) is 16.4. The highest BCUT2D eigenvalue weighted by Crippen LogP contribution is 1.98. The van der Waals surface area contributed by atoms with Crippen LogP contribution in [0.4, 0.5) is 0 Å². The van der Waals surface area contributed by atoms with Crippen LogP contribution in [0.25, 0.3) is 0 Å². The molecule has 0 saturated carbocycles. The van der Waals surface area contributed by atoms with E-state index in [9.17, 15) is 9.59 Å². The SMILES string of the molecule is C=C(C)C(=O)OCC(C)C.C=C(C)C(=O)OCCCCC. The molecule has 122 valence electrons. The second-order valence-corrected chi connectivity index (χ2v) is 5.40. The zero-order valence-corrected chi connectivity index (χ0v) is 14.2. The van der Waals surface area contributed by atoms with Gasteiger partial charge in [0.05, 0.1) is 13.2 Å². The first-order chi connectivity index (χ1) is 9.72. The zero-order chi connectivity index (χ0) is 16.8. The summed E-state index contributed by atoms with van der Waals surface area (Å²) in [5.41, 5.74) is 0.933. The normalized spacial score (nSPS) is 9.43. The Morgan fingerprint density at radius 3 is 1.81 bits per heavy atom. The molecule has 0 aliphatic carbocycles. The van der Waals surface area contributed by atoms with Gasteiger partial charge in [0.1, 0.15) is 0 Å². The standard InChI is InChI=1S/C9H16O2.C8H14O2/c1-4-5-6-7-11-9(10)8(2)3;1-6(2)5-10-8(9)7(3)4/h2,4-7H2,1,3H3;6H,3,5H2,1-2,4H3. The molecule has 0 heterocycles. The van der Waals surface area contributed by atoms with Crippen molar-refractivity contribution >= 4 is 11.9 Å². The van der Waals surface area contributed by atoms with Gasteiger partial charge >= 0.3 is 11.9 Å². The van der Waals surface area contributed by atoms with Crippen molar-refractivity contribution in [2.75, 3.05) is 13.2 Å². The molecule has 0 N–H and O–H groups in total.